The van der Waals surface area contributed by atoms with Crippen molar-refractivity contribution in [3.8, 4) is 0 Å². The van der Waals surface area contributed by atoms with Crippen LogP contribution in [0.25, 0.3) is 0 Å². The van der Waals surface area contributed by atoms with Gasteiger partial charge in [0.2, 0.25) is 0 Å². The van der Waals surface area contributed by atoms with Crippen LogP contribution in [0.15, 0.2) is 48.5 Å². The van der Waals surface area contributed by atoms with E-state index < -0.39 is 23.9 Å². The molecule has 136 valence electrons. The van der Waals surface area contributed by atoms with E-state index in [-0.39, 0.29) is 0 Å². The number of aryl methyl sites for hydroxylation is 1. The highest BCUT2D eigenvalue weighted by molar-refractivity contribution is 5.96. The molecular formula is C21H23NO4. The topological polar surface area (TPSA) is 55.8 Å². The molecule has 0 N–H and O–H groups in total. The summed E-state index contributed by atoms with van der Waals surface area (Å²) >= 11 is 0. The van der Waals surface area contributed by atoms with Gasteiger partial charge in [0.1, 0.15) is 0 Å². The summed E-state index contributed by atoms with van der Waals surface area (Å²) in [6.07, 6.45) is 0.843. The SMILES string of the molecule is COC(=O)C(C(=O)OC)C1c2ccccc2CCN1c1ccc(C)cc1. The van der Waals surface area contributed by atoms with Gasteiger partial charge in [0.25, 0.3) is 0 Å². The van der Waals surface area contributed by atoms with E-state index in [0.717, 1.165) is 28.8 Å². The fourth-order valence-electron chi connectivity index (χ4n) is 3.59. The second kappa shape index (κ2) is 7.60. The number of rotatable bonds is 4. The van der Waals surface area contributed by atoms with E-state index in [1.807, 2.05) is 55.5 Å². The largest absolute Gasteiger partial charge is 0.468 e. The van der Waals surface area contributed by atoms with E-state index >= 15 is 0 Å². The number of methoxy groups -OCH3 is 2. The lowest BCUT2D eigenvalue weighted by molar-refractivity contribution is -0.160. The monoisotopic (exact) mass is 353 g/mol. The average molecular weight is 353 g/mol. The highest BCUT2D eigenvalue weighted by Crippen LogP contribution is 2.39. The summed E-state index contributed by atoms with van der Waals surface area (Å²) < 4.78 is 9.88. The lowest BCUT2D eigenvalue weighted by Crippen LogP contribution is -2.45. The molecule has 5 heteroatoms. The summed E-state index contributed by atoms with van der Waals surface area (Å²) in [5, 5.41) is 0. The van der Waals surface area contributed by atoms with Crippen LogP contribution in [-0.2, 0) is 25.5 Å². The molecule has 1 heterocycles. The van der Waals surface area contributed by atoms with Gasteiger partial charge in [0.05, 0.1) is 20.3 Å². The lowest BCUT2D eigenvalue weighted by Gasteiger charge is -2.41. The Morgan fingerprint density at radius 3 is 2.23 bits per heavy atom. The Hall–Kier alpha value is -2.82. The van der Waals surface area contributed by atoms with Gasteiger partial charge in [-0.3, -0.25) is 9.59 Å². The predicted molar refractivity (Wildman–Crippen MR) is 98.9 cm³/mol. The molecule has 0 aromatic heterocycles. The third kappa shape index (κ3) is 3.29. The molecule has 2 aromatic carbocycles. The first kappa shape index (κ1) is 18.0. The van der Waals surface area contributed by atoms with E-state index in [2.05, 4.69) is 4.90 Å². The molecule has 3 rings (SSSR count). The Kier molecular flexibility index (Phi) is 5.26. The second-order valence-electron chi connectivity index (χ2n) is 6.45. The maximum atomic E-state index is 12.5. The van der Waals surface area contributed by atoms with E-state index in [4.69, 9.17) is 9.47 Å². The standard InChI is InChI=1S/C21H23NO4/c1-14-8-10-16(11-9-14)22-13-12-15-6-4-5-7-17(15)19(22)18(20(23)25-2)21(24)26-3/h4-11,18-19H,12-13H2,1-3H3. The van der Waals surface area contributed by atoms with Crippen LogP contribution in [0, 0.1) is 12.8 Å². The van der Waals surface area contributed by atoms with Crippen LogP contribution in [0.3, 0.4) is 0 Å². The molecule has 0 fully saturated rings. The van der Waals surface area contributed by atoms with E-state index in [1.165, 1.54) is 14.2 Å². The van der Waals surface area contributed by atoms with Crippen molar-refractivity contribution in [2.24, 2.45) is 5.92 Å². The number of carbonyl (C=O) groups excluding carboxylic acids is 2. The van der Waals surface area contributed by atoms with Gasteiger partial charge < -0.3 is 14.4 Å². The quantitative estimate of drug-likeness (QED) is 0.625. The van der Waals surface area contributed by atoms with Crippen molar-refractivity contribution in [3.63, 3.8) is 0 Å². The van der Waals surface area contributed by atoms with Crippen LogP contribution < -0.4 is 4.90 Å². The van der Waals surface area contributed by atoms with Crippen molar-refractivity contribution in [2.45, 2.75) is 19.4 Å². The van der Waals surface area contributed by atoms with Gasteiger partial charge >= 0.3 is 11.9 Å². The normalized spacial score (nSPS) is 16.2. The van der Waals surface area contributed by atoms with Gasteiger partial charge in [-0.1, -0.05) is 42.0 Å². The molecule has 0 spiro atoms. The summed E-state index contributed by atoms with van der Waals surface area (Å²) in [5.41, 5.74) is 4.21. The molecule has 26 heavy (non-hydrogen) atoms. The van der Waals surface area contributed by atoms with Crippen LogP contribution >= 0.6 is 0 Å². The molecule has 5 nitrogen and oxygen atoms in total. The van der Waals surface area contributed by atoms with Crippen molar-refractivity contribution in [1.82, 2.24) is 0 Å². The molecule has 1 aliphatic heterocycles. The van der Waals surface area contributed by atoms with E-state index in [1.54, 1.807) is 0 Å². The minimum Gasteiger partial charge on any atom is -0.468 e. The van der Waals surface area contributed by atoms with Crippen LogP contribution in [0.4, 0.5) is 5.69 Å². The van der Waals surface area contributed by atoms with Gasteiger partial charge in [0, 0.05) is 12.2 Å². The number of carbonyl (C=O) groups is 2. The van der Waals surface area contributed by atoms with Crippen molar-refractivity contribution in [3.05, 3.63) is 65.2 Å². The molecular weight excluding hydrogens is 330 g/mol. The Morgan fingerprint density at radius 1 is 1.00 bits per heavy atom. The first-order chi connectivity index (χ1) is 12.6. The molecule has 1 unspecified atom stereocenters. The highest BCUT2D eigenvalue weighted by Gasteiger charge is 2.43. The molecule has 0 saturated heterocycles. The van der Waals surface area contributed by atoms with Gasteiger partial charge in [-0.15, -0.1) is 0 Å². The lowest BCUT2D eigenvalue weighted by atomic mass is 9.84. The number of hydrogen-bond donors (Lipinski definition) is 0. The second-order valence-corrected chi connectivity index (χ2v) is 6.45. The van der Waals surface area contributed by atoms with Crippen molar-refractivity contribution >= 4 is 17.6 Å². The zero-order valence-corrected chi connectivity index (χ0v) is 15.3. The highest BCUT2D eigenvalue weighted by atomic mass is 16.5. The molecule has 0 saturated carbocycles. The Bertz CT molecular complexity index is 784. The zero-order valence-electron chi connectivity index (χ0n) is 15.3. The number of esters is 2. The van der Waals surface area contributed by atoms with Crippen LogP contribution in [0.2, 0.25) is 0 Å². The van der Waals surface area contributed by atoms with Crippen LogP contribution in [0.1, 0.15) is 22.7 Å². The zero-order chi connectivity index (χ0) is 18.7. The predicted octanol–water partition coefficient (Wildman–Crippen LogP) is 3.06. The molecule has 2 aromatic rings. The Labute approximate surface area is 153 Å². The maximum absolute atomic E-state index is 12.5. The van der Waals surface area contributed by atoms with Gasteiger partial charge in [-0.25, -0.2) is 0 Å². The van der Waals surface area contributed by atoms with E-state index in [9.17, 15) is 9.59 Å². The summed E-state index contributed by atoms with van der Waals surface area (Å²) in [7, 11) is 2.59. The number of nitrogens with zero attached hydrogens (tertiary/aromatic N) is 1. The smallest absolute Gasteiger partial charge is 0.322 e. The fourth-order valence-corrected chi connectivity index (χ4v) is 3.59. The number of fused-ring (bicyclic) bond motifs is 1. The van der Waals surface area contributed by atoms with Gasteiger partial charge in [0.15, 0.2) is 5.92 Å². The van der Waals surface area contributed by atoms with Crippen molar-refractivity contribution < 1.29 is 19.1 Å². The maximum Gasteiger partial charge on any atom is 0.322 e. The fraction of sp³-hybridized carbons (Fsp3) is 0.333. The summed E-state index contributed by atoms with van der Waals surface area (Å²) in [4.78, 5) is 27.1. The number of anilines is 1. The third-order valence-electron chi connectivity index (χ3n) is 4.92. The average Bonchev–Trinajstić information content (AvgIpc) is 2.68. The van der Waals surface area contributed by atoms with E-state index in [0.29, 0.717) is 6.54 Å². The summed E-state index contributed by atoms with van der Waals surface area (Å²) in [6, 6.07) is 15.5. The third-order valence-corrected chi connectivity index (χ3v) is 4.92. The van der Waals surface area contributed by atoms with Crippen LogP contribution in [0.5, 0.6) is 0 Å². The van der Waals surface area contributed by atoms with Crippen molar-refractivity contribution in [1.29, 1.82) is 0 Å². The summed E-state index contributed by atoms with van der Waals surface area (Å²) in [6.45, 7) is 2.73. The number of benzene rings is 2. The first-order valence-corrected chi connectivity index (χ1v) is 8.63. The Balaban J connectivity index is 2.13. The molecule has 0 amide bonds. The molecule has 0 radical (unpaired) electrons. The van der Waals surface area contributed by atoms with Crippen LogP contribution in [-0.4, -0.2) is 32.7 Å². The Morgan fingerprint density at radius 2 is 1.62 bits per heavy atom. The van der Waals surface area contributed by atoms with Crippen molar-refractivity contribution in [2.75, 3.05) is 25.7 Å². The van der Waals surface area contributed by atoms with Gasteiger partial charge in [-0.2, -0.15) is 0 Å². The molecule has 0 aliphatic carbocycles. The molecule has 0 bridgehead atoms. The number of ether oxygens (including phenoxy) is 2. The summed E-state index contributed by atoms with van der Waals surface area (Å²) in [5.74, 6) is -2.22. The molecule has 1 atom stereocenters. The molecule has 1 aliphatic rings. The minimum absolute atomic E-state index is 0.470. The van der Waals surface area contributed by atoms with Gasteiger partial charge in [-0.05, 0) is 36.6 Å². The number of hydrogen-bond acceptors (Lipinski definition) is 5. The first-order valence-electron chi connectivity index (χ1n) is 8.63. The minimum atomic E-state index is -1.05.